The highest BCUT2D eigenvalue weighted by molar-refractivity contribution is 6.17. The first-order valence-corrected chi connectivity index (χ1v) is 5.51. The zero-order chi connectivity index (χ0) is 10.7. The van der Waals surface area contributed by atoms with Crippen LogP contribution in [0.3, 0.4) is 0 Å². The quantitative estimate of drug-likeness (QED) is 0.488. The lowest BCUT2D eigenvalue weighted by Crippen LogP contribution is -2.14. The van der Waals surface area contributed by atoms with E-state index < -0.39 is 0 Å². The molecule has 2 aromatic rings. The molecule has 0 saturated heterocycles. The molecule has 0 radical (unpaired) electrons. The summed E-state index contributed by atoms with van der Waals surface area (Å²) in [5.41, 5.74) is 3.52. The van der Waals surface area contributed by atoms with Crippen molar-refractivity contribution in [3.63, 3.8) is 0 Å². The summed E-state index contributed by atoms with van der Waals surface area (Å²) in [7, 11) is 2.00. The van der Waals surface area contributed by atoms with Crippen LogP contribution in [0.5, 0.6) is 0 Å². The zero-order valence-electron chi connectivity index (χ0n) is 8.70. The Balaban J connectivity index is 2.16. The van der Waals surface area contributed by atoms with Gasteiger partial charge in [-0.2, -0.15) is 0 Å². The average Bonchev–Trinajstić information content (AvgIpc) is 2.61. The third-order valence-corrected chi connectivity index (χ3v) is 2.66. The largest absolute Gasteiger partial charge is 0.334 e. The number of halogens is 1. The standard InChI is InChI=1S/C11H14ClN3/c1-15-8-14-10-6-9(2-3-11(10)15)4-5-13-7-12/h2-3,6,8,13H,4-5,7H2,1H3. The van der Waals surface area contributed by atoms with Crippen LogP contribution in [0.4, 0.5) is 0 Å². The van der Waals surface area contributed by atoms with Gasteiger partial charge in [0.1, 0.15) is 0 Å². The number of alkyl halides is 1. The van der Waals surface area contributed by atoms with Crippen molar-refractivity contribution in [1.29, 1.82) is 0 Å². The average molecular weight is 224 g/mol. The molecule has 0 bridgehead atoms. The number of hydrogen-bond acceptors (Lipinski definition) is 2. The summed E-state index contributed by atoms with van der Waals surface area (Å²) < 4.78 is 2.02. The van der Waals surface area contributed by atoms with Crippen molar-refractivity contribution in [2.24, 2.45) is 7.05 Å². The molecule has 2 rings (SSSR count). The van der Waals surface area contributed by atoms with E-state index >= 15 is 0 Å². The highest BCUT2D eigenvalue weighted by Crippen LogP contribution is 2.13. The Morgan fingerprint density at radius 3 is 3.13 bits per heavy atom. The summed E-state index contributed by atoms with van der Waals surface area (Å²) in [6.45, 7) is 0.905. The molecule has 0 fully saturated rings. The maximum absolute atomic E-state index is 5.54. The van der Waals surface area contributed by atoms with Gasteiger partial charge in [0.05, 0.1) is 23.4 Å². The molecular formula is C11H14ClN3. The van der Waals surface area contributed by atoms with E-state index in [0.717, 1.165) is 18.5 Å². The molecule has 0 aliphatic heterocycles. The van der Waals surface area contributed by atoms with Gasteiger partial charge in [-0.25, -0.2) is 4.98 Å². The summed E-state index contributed by atoms with van der Waals surface area (Å²) in [5.74, 6) is 0. The molecule has 0 saturated carbocycles. The second-order valence-electron chi connectivity index (χ2n) is 3.56. The topological polar surface area (TPSA) is 29.9 Å². The van der Waals surface area contributed by atoms with E-state index in [1.165, 1.54) is 11.1 Å². The fourth-order valence-corrected chi connectivity index (χ4v) is 1.77. The van der Waals surface area contributed by atoms with Gasteiger partial charge >= 0.3 is 0 Å². The predicted molar refractivity (Wildman–Crippen MR) is 63.1 cm³/mol. The molecule has 3 nitrogen and oxygen atoms in total. The lowest BCUT2D eigenvalue weighted by molar-refractivity contribution is 0.771. The van der Waals surface area contributed by atoms with E-state index in [4.69, 9.17) is 11.6 Å². The first kappa shape index (κ1) is 10.5. The highest BCUT2D eigenvalue weighted by atomic mass is 35.5. The smallest absolute Gasteiger partial charge is 0.0955 e. The van der Waals surface area contributed by atoms with Crippen LogP contribution in [0.25, 0.3) is 11.0 Å². The van der Waals surface area contributed by atoms with Crippen molar-refractivity contribution in [1.82, 2.24) is 14.9 Å². The number of aromatic nitrogens is 2. The molecule has 4 heteroatoms. The molecule has 1 N–H and O–H groups in total. The minimum atomic E-state index is 0.506. The van der Waals surface area contributed by atoms with Gasteiger partial charge < -0.3 is 9.88 Å². The van der Waals surface area contributed by atoms with Gasteiger partial charge in [-0.05, 0) is 24.1 Å². The Morgan fingerprint density at radius 1 is 1.47 bits per heavy atom. The summed E-state index contributed by atoms with van der Waals surface area (Å²) in [6.07, 6.45) is 2.82. The number of hydrogen-bond donors (Lipinski definition) is 1. The maximum Gasteiger partial charge on any atom is 0.0955 e. The van der Waals surface area contributed by atoms with E-state index in [2.05, 4.69) is 28.5 Å². The molecule has 0 aliphatic rings. The number of nitrogens with one attached hydrogen (secondary N) is 1. The molecular weight excluding hydrogens is 210 g/mol. The molecule has 1 aromatic carbocycles. The van der Waals surface area contributed by atoms with Crippen LogP contribution in [0.1, 0.15) is 5.56 Å². The van der Waals surface area contributed by atoms with Crippen LogP contribution in [-0.2, 0) is 13.5 Å². The number of rotatable bonds is 4. The number of aryl methyl sites for hydroxylation is 1. The Hall–Kier alpha value is -1.06. The SMILES string of the molecule is Cn1cnc2cc(CCNCCl)ccc21. The lowest BCUT2D eigenvalue weighted by Gasteiger charge is -2.02. The van der Waals surface area contributed by atoms with Crippen LogP contribution in [0, 0.1) is 0 Å². The fraction of sp³-hybridized carbons (Fsp3) is 0.364. The molecule has 0 aliphatic carbocycles. The van der Waals surface area contributed by atoms with E-state index in [-0.39, 0.29) is 0 Å². The molecule has 15 heavy (non-hydrogen) atoms. The minimum absolute atomic E-state index is 0.506. The highest BCUT2D eigenvalue weighted by Gasteiger charge is 2.00. The van der Waals surface area contributed by atoms with Gasteiger partial charge in [0.2, 0.25) is 0 Å². The Kier molecular flexibility index (Phi) is 3.23. The second-order valence-corrected chi connectivity index (χ2v) is 3.83. The summed E-state index contributed by atoms with van der Waals surface area (Å²) >= 11 is 5.54. The molecule has 0 spiro atoms. The van der Waals surface area contributed by atoms with Crippen LogP contribution in [0.2, 0.25) is 0 Å². The monoisotopic (exact) mass is 223 g/mol. The van der Waals surface area contributed by atoms with Crippen molar-refractivity contribution < 1.29 is 0 Å². The molecule has 0 amide bonds. The maximum atomic E-state index is 5.54. The van der Waals surface area contributed by atoms with Crippen molar-refractivity contribution in [2.45, 2.75) is 6.42 Å². The lowest BCUT2D eigenvalue weighted by atomic mass is 10.1. The van der Waals surface area contributed by atoms with Gasteiger partial charge in [-0.15, -0.1) is 11.6 Å². The third-order valence-electron chi connectivity index (χ3n) is 2.47. The third kappa shape index (κ3) is 2.30. The van der Waals surface area contributed by atoms with E-state index in [0.29, 0.717) is 6.00 Å². The van der Waals surface area contributed by atoms with Crippen molar-refractivity contribution >= 4 is 22.6 Å². The molecule has 0 unspecified atom stereocenters. The van der Waals surface area contributed by atoms with Crippen LogP contribution >= 0.6 is 11.6 Å². The molecule has 80 valence electrons. The van der Waals surface area contributed by atoms with Gasteiger partial charge in [-0.3, -0.25) is 0 Å². The summed E-state index contributed by atoms with van der Waals surface area (Å²) in [4.78, 5) is 4.32. The van der Waals surface area contributed by atoms with E-state index in [1.807, 2.05) is 17.9 Å². The summed E-state index contributed by atoms with van der Waals surface area (Å²) in [6, 6.07) is 6.88. The van der Waals surface area contributed by atoms with E-state index in [9.17, 15) is 0 Å². The number of imidazole rings is 1. The molecule has 0 atom stereocenters. The van der Waals surface area contributed by atoms with Gasteiger partial charge in [0, 0.05) is 13.6 Å². The molecule has 1 heterocycles. The van der Waals surface area contributed by atoms with Gasteiger partial charge in [0.25, 0.3) is 0 Å². The number of nitrogens with zero attached hydrogens (tertiary/aromatic N) is 2. The predicted octanol–water partition coefficient (Wildman–Crippen LogP) is 1.90. The Bertz CT molecular complexity index is 450. The summed E-state index contributed by atoms with van der Waals surface area (Å²) in [5, 5.41) is 3.09. The van der Waals surface area contributed by atoms with E-state index in [1.54, 1.807) is 0 Å². The van der Waals surface area contributed by atoms with Crippen molar-refractivity contribution in [3.05, 3.63) is 30.1 Å². The second kappa shape index (κ2) is 4.64. The number of benzene rings is 1. The zero-order valence-corrected chi connectivity index (χ0v) is 9.46. The first-order valence-electron chi connectivity index (χ1n) is 4.98. The van der Waals surface area contributed by atoms with Crippen LogP contribution < -0.4 is 5.32 Å². The van der Waals surface area contributed by atoms with Crippen LogP contribution in [0.15, 0.2) is 24.5 Å². The van der Waals surface area contributed by atoms with Gasteiger partial charge in [0.15, 0.2) is 0 Å². The van der Waals surface area contributed by atoms with Crippen molar-refractivity contribution in [3.8, 4) is 0 Å². The Labute approximate surface area is 94.1 Å². The van der Waals surface area contributed by atoms with Crippen molar-refractivity contribution in [2.75, 3.05) is 12.5 Å². The van der Waals surface area contributed by atoms with Gasteiger partial charge in [-0.1, -0.05) is 6.07 Å². The Morgan fingerprint density at radius 2 is 2.33 bits per heavy atom. The van der Waals surface area contributed by atoms with Crippen LogP contribution in [-0.4, -0.2) is 22.1 Å². The number of fused-ring (bicyclic) bond motifs is 1. The molecule has 1 aromatic heterocycles. The minimum Gasteiger partial charge on any atom is -0.334 e. The fourth-order valence-electron chi connectivity index (χ4n) is 1.64. The first-order chi connectivity index (χ1) is 7.31. The normalized spacial score (nSPS) is 11.1.